The van der Waals surface area contributed by atoms with Crippen LogP contribution in [0.3, 0.4) is 0 Å². The molecular formula is C11H7ClFNO. The molecule has 1 aromatic carbocycles. The second-order valence-corrected chi connectivity index (χ2v) is 4.15. The maximum absolute atomic E-state index is 13.5. The summed E-state index contributed by atoms with van der Waals surface area (Å²) in [5.41, 5.74) is -0.694. The van der Waals surface area contributed by atoms with Gasteiger partial charge in [0, 0.05) is 23.4 Å². The van der Waals surface area contributed by atoms with E-state index in [9.17, 15) is 9.18 Å². The molecule has 1 fully saturated rings. The fourth-order valence-corrected chi connectivity index (χ4v) is 1.99. The van der Waals surface area contributed by atoms with Crippen LogP contribution in [0.2, 0.25) is 5.02 Å². The van der Waals surface area contributed by atoms with Crippen LogP contribution in [-0.4, -0.2) is 5.78 Å². The quantitative estimate of drug-likeness (QED) is 0.734. The fraction of sp³-hybridized carbons (Fsp3) is 0.273. The number of rotatable bonds is 1. The van der Waals surface area contributed by atoms with Crippen molar-refractivity contribution >= 4 is 17.4 Å². The van der Waals surface area contributed by atoms with Crippen LogP contribution in [0.15, 0.2) is 18.2 Å². The van der Waals surface area contributed by atoms with Gasteiger partial charge < -0.3 is 0 Å². The molecule has 0 unspecified atom stereocenters. The van der Waals surface area contributed by atoms with E-state index >= 15 is 0 Å². The molecule has 1 aliphatic rings. The minimum Gasteiger partial charge on any atom is -0.300 e. The summed E-state index contributed by atoms with van der Waals surface area (Å²) in [6, 6.07) is 6.19. The third kappa shape index (κ3) is 1.51. The van der Waals surface area contributed by atoms with Crippen molar-refractivity contribution in [2.75, 3.05) is 0 Å². The van der Waals surface area contributed by atoms with Gasteiger partial charge in [0.1, 0.15) is 11.6 Å². The van der Waals surface area contributed by atoms with Crippen LogP contribution in [0.5, 0.6) is 0 Å². The van der Waals surface area contributed by atoms with Gasteiger partial charge in [0.2, 0.25) is 0 Å². The number of ketones is 1. The minimum atomic E-state index is -0.967. The number of halogens is 2. The fourth-order valence-electron chi connectivity index (χ4n) is 1.83. The lowest BCUT2D eigenvalue weighted by Crippen LogP contribution is -2.41. The predicted octanol–water partition coefficient (Wildman–Crippen LogP) is 2.60. The van der Waals surface area contributed by atoms with Gasteiger partial charge in [0.15, 0.2) is 0 Å². The molecule has 0 amide bonds. The normalized spacial score (nSPS) is 18.1. The van der Waals surface area contributed by atoms with E-state index in [0.29, 0.717) is 0 Å². The third-order valence-corrected chi connectivity index (χ3v) is 2.89. The Bertz CT molecular complexity index is 470. The summed E-state index contributed by atoms with van der Waals surface area (Å²) >= 11 is 5.61. The second-order valence-electron chi connectivity index (χ2n) is 3.71. The van der Waals surface area contributed by atoms with Crippen molar-refractivity contribution in [1.29, 1.82) is 5.26 Å². The lowest BCUT2D eigenvalue weighted by molar-refractivity contribution is -0.126. The number of Topliss-reactive ketones (excluding diaryl/α,β-unsaturated/α-hetero) is 1. The average molecular weight is 224 g/mol. The highest BCUT2D eigenvalue weighted by atomic mass is 35.5. The Kier molecular flexibility index (Phi) is 2.24. The number of hydrogen-bond acceptors (Lipinski definition) is 2. The van der Waals surface area contributed by atoms with Crippen LogP contribution in [0.1, 0.15) is 18.4 Å². The Labute approximate surface area is 91.3 Å². The number of carbonyl (C=O) groups excluding carboxylic acids is 1. The highest BCUT2D eigenvalue weighted by Gasteiger charge is 2.46. The first-order valence-electron chi connectivity index (χ1n) is 4.46. The van der Waals surface area contributed by atoms with Gasteiger partial charge >= 0.3 is 0 Å². The SMILES string of the molecule is N#CC1(c2ccc(Cl)cc2F)CC(=O)C1. The van der Waals surface area contributed by atoms with Crippen molar-refractivity contribution in [2.24, 2.45) is 0 Å². The first kappa shape index (κ1) is 10.1. The first-order valence-corrected chi connectivity index (χ1v) is 4.84. The number of nitriles is 1. The highest BCUT2D eigenvalue weighted by Crippen LogP contribution is 2.42. The van der Waals surface area contributed by atoms with Crippen LogP contribution in [0.25, 0.3) is 0 Å². The van der Waals surface area contributed by atoms with E-state index in [1.807, 2.05) is 6.07 Å². The molecule has 1 aliphatic carbocycles. The largest absolute Gasteiger partial charge is 0.300 e. The molecule has 0 N–H and O–H groups in total. The summed E-state index contributed by atoms with van der Waals surface area (Å²) in [5.74, 6) is -0.526. The van der Waals surface area contributed by atoms with Gasteiger partial charge in [-0.25, -0.2) is 4.39 Å². The minimum absolute atomic E-state index is 0.00843. The van der Waals surface area contributed by atoms with Crippen LogP contribution in [0.4, 0.5) is 4.39 Å². The maximum atomic E-state index is 13.5. The Hall–Kier alpha value is -1.40. The number of benzene rings is 1. The summed E-state index contributed by atoms with van der Waals surface area (Å²) in [6.07, 6.45) is 0.199. The van der Waals surface area contributed by atoms with Crippen LogP contribution >= 0.6 is 11.6 Å². The molecule has 4 heteroatoms. The van der Waals surface area contributed by atoms with Gasteiger partial charge in [-0.2, -0.15) is 5.26 Å². The number of carbonyl (C=O) groups is 1. The molecule has 2 nitrogen and oxygen atoms in total. The predicted molar refractivity (Wildman–Crippen MR) is 52.9 cm³/mol. The first-order chi connectivity index (χ1) is 7.07. The lowest BCUT2D eigenvalue weighted by atomic mass is 9.64. The molecule has 0 aromatic heterocycles. The highest BCUT2D eigenvalue weighted by molar-refractivity contribution is 6.30. The van der Waals surface area contributed by atoms with E-state index in [4.69, 9.17) is 16.9 Å². The molecule has 15 heavy (non-hydrogen) atoms. The van der Waals surface area contributed by atoms with E-state index in [1.54, 1.807) is 0 Å². The maximum Gasteiger partial charge on any atom is 0.136 e. The van der Waals surface area contributed by atoms with Crippen molar-refractivity contribution < 1.29 is 9.18 Å². The molecule has 0 heterocycles. The molecular weight excluding hydrogens is 217 g/mol. The van der Waals surface area contributed by atoms with Crippen molar-refractivity contribution in [3.05, 3.63) is 34.6 Å². The topological polar surface area (TPSA) is 40.9 Å². The molecule has 0 saturated heterocycles. The van der Waals surface area contributed by atoms with E-state index in [1.165, 1.54) is 18.2 Å². The summed E-state index contributed by atoms with van der Waals surface area (Å²) in [4.78, 5) is 10.9. The van der Waals surface area contributed by atoms with E-state index < -0.39 is 11.2 Å². The smallest absolute Gasteiger partial charge is 0.136 e. The van der Waals surface area contributed by atoms with E-state index in [2.05, 4.69) is 0 Å². The van der Waals surface area contributed by atoms with Gasteiger partial charge in [-0.15, -0.1) is 0 Å². The molecule has 0 aliphatic heterocycles. The Morgan fingerprint density at radius 1 is 1.47 bits per heavy atom. The van der Waals surface area contributed by atoms with E-state index in [0.717, 1.165) is 0 Å². The van der Waals surface area contributed by atoms with Crippen molar-refractivity contribution in [1.82, 2.24) is 0 Å². The molecule has 0 atom stereocenters. The zero-order chi connectivity index (χ0) is 11.1. The molecule has 76 valence electrons. The zero-order valence-corrected chi connectivity index (χ0v) is 8.51. The van der Waals surface area contributed by atoms with Crippen LogP contribution in [0, 0.1) is 17.1 Å². The molecule has 0 radical (unpaired) electrons. The molecule has 1 saturated carbocycles. The zero-order valence-electron chi connectivity index (χ0n) is 7.76. The molecule has 0 bridgehead atoms. The lowest BCUT2D eigenvalue weighted by Gasteiger charge is -2.34. The van der Waals surface area contributed by atoms with Crippen molar-refractivity contribution in [3.8, 4) is 6.07 Å². The Balaban J connectivity index is 2.46. The van der Waals surface area contributed by atoms with Gasteiger partial charge in [-0.05, 0) is 12.1 Å². The summed E-state index contributed by atoms with van der Waals surface area (Å²) in [5, 5.41) is 9.29. The van der Waals surface area contributed by atoms with Gasteiger partial charge in [-0.1, -0.05) is 17.7 Å². The second kappa shape index (κ2) is 3.32. The Morgan fingerprint density at radius 3 is 2.60 bits per heavy atom. The van der Waals surface area contributed by atoms with Gasteiger partial charge in [0.05, 0.1) is 11.5 Å². The third-order valence-electron chi connectivity index (χ3n) is 2.66. The summed E-state index contributed by atoms with van der Waals surface area (Å²) in [6.45, 7) is 0. The van der Waals surface area contributed by atoms with Crippen molar-refractivity contribution in [3.63, 3.8) is 0 Å². The van der Waals surface area contributed by atoms with Crippen LogP contribution < -0.4 is 0 Å². The summed E-state index contributed by atoms with van der Waals surface area (Å²) in [7, 11) is 0. The molecule has 2 rings (SSSR count). The van der Waals surface area contributed by atoms with Gasteiger partial charge in [0.25, 0.3) is 0 Å². The van der Waals surface area contributed by atoms with Gasteiger partial charge in [-0.3, -0.25) is 4.79 Å². The average Bonchev–Trinajstić information content (AvgIpc) is 2.13. The monoisotopic (exact) mass is 223 g/mol. The molecule has 0 spiro atoms. The van der Waals surface area contributed by atoms with Crippen molar-refractivity contribution in [2.45, 2.75) is 18.3 Å². The standard InChI is InChI=1S/C11H7ClFNO/c12-7-1-2-9(10(13)3-7)11(6-14)4-8(15)5-11/h1-3H,4-5H2. The summed E-state index contributed by atoms with van der Waals surface area (Å²) < 4.78 is 13.5. The molecule has 1 aromatic rings. The number of hydrogen-bond donors (Lipinski definition) is 0. The van der Waals surface area contributed by atoms with E-state index in [-0.39, 0.29) is 29.2 Å². The van der Waals surface area contributed by atoms with Crippen LogP contribution in [-0.2, 0) is 10.2 Å². The Morgan fingerprint density at radius 2 is 2.13 bits per heavy atom. The number of nitrogens with zero attached hydrogens (tertiary/aromatic N) is 1.